The maximum Gasteiger partial charge on any atom is 0.269 e. The molecule has 1 aliphatic carbocycles. The van der Waals surface area contributed by atoms with Gasteiger partial charge in [0, 0.05) is 35.1 Å². The first-order valence-corrected chi connectivity index (χ1v) is 11.2. The average Bonchev–Trinajstić information content (AvgIpc) is 2.99. The summed E-state index contributed by atoms with van der Waals surface area (Å²) in [6.07, 6.45) is 6.40. The lowest BCUT2D eigenvalue weighted by atomic mass is 9.76. The molecule has 4 N–H and O–H groups in total. The molecule has 0 spiro atoms. The topological polar surface area (TPSA) is 120 Å². The molecule has 8 nitrogen and oxygen atoms in total. The third-order valence-corrected chi connectivity index (χ3v) is 6.53. The van der Waals surface area contributed by atoms with Gasteiger partial charge in [0.25, 0.3) is 5.91 Å². The van der Waals surface area contributed by atoms with Crippen molar-refractivity contribution in [2.75, 3.05) is 23.8 Å². The van der Waals surface area contributed by atoms with Gasteiger partial charge >= 0.3 is 0 Å². The number of nitrogen functional groups attached to an aromatic ring is 1. The SMILES string of the molecule is CC1(C)CCc2ncnc(N3CCOc4ccc(-c5cnc(C(N)=O)c(N)c5)cc4C3)c2C1. The maximum absolute atomic E-state index is 11.5. The van der Waals surface area contributed by atoms with Crippen molar-refractivity contribution in [3.05, 3.63) is 59.3 Å². The molecule has 170 valence electrons. The lowest BCUT2D eigenvalue weighted by molar-refractivity contribution is 0.0996. The molecule has 33 heavy (non-hydrogen) atoms. The zero-order valence-corrected chi connectivity index (χ0v) is 19.0. The van der Waals surface area contributed by atoms with E-state index in [1.807, 2.05) is 12.1 Å². The van der Waals surface area contributed by atoms with Crippen molar-refractivity contribution >= 4 is 17.4 Å². The van der Waals surface area contributed by atoms with Gasteiger partial charge in [-0.15, -0.1) is 0 Å². The van der Waals surface area contributed by atoms with Gasteiger partial charge in [0.05, 0.1) is 12.2 Å². The van der Waals surface area contributed by atoms with Crippen molar-refractivity contribution < 1.29 is 9.53 Å². The highest BCUT2D eigenvalue weighted by atomic mass is 16.5. The number of hydrogen-bond acceptors (Lipinski definition) is 7. The van der Waals surface area contributed by atoms with E-state index in [-0.39, 0.29) is 16.8 Å². The summed E-state index contributed by atoms with van der Waals surface area (Å²) in [6, 6.07) is 7.77. The number of aryl methyl sites for hydroxylation is 1. The number of aromatic nitrogens is 3. The van der Waals surface area contributed by atoms with E-state index in [0.29, 0.717) is 13.2 Å². The minimum Gasteiger partial charge on any atom is -0.491 e. The molecule has 3 aromatic rings. The van der Waals surface area contributed by atoms with Crippen molar-refractivity contribution in [3.8, 4) is 16.9 Å². The van der Waals surface area contributed by atoms with E-state index >= 15 is 0 Å². The van der Waals surface area contributed by atoms with Gasteiger partial charge in [0.2, 0.25) is 0 Å². The number of primary amides is 1. The van der Waals surface area contributed by atoms with E-state index in [1.54, 1.807) is 18.6 Å². The Morgan fingerprint density at radius 2 is 2.00 bits per heavy atom. The Kier molecular flexibility index (Phi) is 5.15. The molecule has 8 heteroatoms. The summed E-state index contributed by atoms with van der Waals surface area (Å²) < 4.78 is 6.06. The van der Waals surface area contributed by atoms with Crippen molar-refractivity contribution in [2.45, 2.75) is 39.7 Å². The minimum absolute atomic E-state index is 0.0828. The first-order valence-electron chi connectivity index (χ1n) is 11.2. The first kappa shape index (κ1) is 21.2. The van der Waals surface area contributed by atoms with Crippen LogP contribution in [0.3, 0.4) is 0 Å². The Balaban J connectivity index is 1.49. The lowest BCUT2D eigenvalue weighted by Crippen LogP contribution is -2.31. The van der Waals surface area contributed by atoms with Crippen LogP contribution in [-0.4, -0.2) is 34.0 Å². The van der Waals surface area contributed by atoms with Gasteiger partial charge in [0.1, 0.15) is 24.5 Å². The van der Waals surface area contributed by atoms with Crippen LogP contribution in [0.2, 0.25) is 0 Å². The Morgan fingerprint density at radius 3 is 2.79 bits per heavy atom. The number of fused-ring (bicyclic) bond motifs is 2. The van der Waals surface area contributed by atoms with Crippen molar-refractivity contribution in [1.29, 1.82) is 0 Å². The second-order valence-electron chi connectivity index (χ2n) is 9.58. The number of carbonyl (C=O) groups excluding carboxylic acids is 1. The molecule has 0 fully saturated rings. The molecule has 0 radical (unpaired) electrons. The number of ether oxygens (including phenoxy) is 1. The average molecular weight is 445 g/mol. The number of benzene rings is 1. The van der Waals surface area contributed by atoms with Crippen LogP contribution in [0.4, 0.5) is 11.5 Å². The van der Waals surface area contributed by atoms with Crippen molar-refractivity contribution in [1.82, 2.24) is 15.0 Å². The Hall–Kier alpha value is -3.68. The molecule has 1 aromatic carbocycles. The van der Waals surface area contributed by atoms with Crippen LogP contribution in [-0.2, 0) is 19.4 Å². The zero-order chi connectivity index (χ0) is 23.2. The van der Waals surface area contributed by atoms with Crippen LogP contribution < -0.4 is 21.1 Å². The van der Waals surface area contributed by atoms with Crippen LogP contribution >= 0.6 is 0 Å². The molecule has 0 saturated heterocycles. The summed E-state index contributed by atoms with van der Waals surface area (Å²) in [5.41, 5.74) is 17.2. The number of pyridine rings is 1. The molecular weight excluding hydrogens is 416 g/mol. The predicted octanol–water partition coefficient (Wildman–Crippen LogP) is 3.13. The van der Waals surface area contributed by atoms with E-state index in [0.717, 1.165) is 59.8 Å². The fourth-order valence-corrected chi connectivity index (χ4v) is 4.73. The summed E-state index contributed by atoms with van der Waals surface area (Å²) in [4.78, 5) is 27.2. The molecule has 3 heterocycles. The van der Waals surface area contributed by atoms with Gasteiger partial charge in [-0.1, -0.05) is 19.9 Å². The summed E-state index contributed by atoms with van der Waals surface area (Å²) in [6.45, 7) is 6.62. The second kappa shape index (κ2) is 8.03. The van der Waals surface area contributed by atoms with Gasteiger partial charge in [-0.25, -0.2) is 15.0 Å². The maximum atomic E-state index is 11.5. The number of nitrogens with zero attached hydrogens (tertiary/aromatic N) is 4. The smallest absolute Gasteiger partial charge is 0.269 e. The molecule has 2 aromatic heterocycles. The molecule has 0 bridgehead atoms. The van der Waals surface area contributed by atoms with E-state index < -0.39 is 5.91 Å². The Bertz CT molecular complexity index is 1240. The van der Waals surface area contributed by atoms with E-state index in [2.05, 4.69) is 34.8 Å². The van der Waals surface area contributed by atoms with Crippen LogP contribution in [0.1, 0.15) is 47.6 Å². The fraction of sp³-hybridized carbons (Fsp3) is 0.360. The standard InChI is InChI=1S/C25H28N6O2/c1-25(2)6-5-20-18(11-25)24(30-14-29-20)31-7-8-33-21-4-3-15(9-17(21)13-31)16-10-19(26)22(23(27)32)28-12-16/h3-4,9-10,12,14H,5-8,11,13,26H2,1-2H3,(H2,27,32). The number of rotatable bonds is 3. The Morgan fingerprint density at radius 1 is 1.15 bits per heavy atom. The third kappa shape index (κ3) is 4.08. The number of hydrogen-bond donors (Lipinski definition) is 2. The number of anilines is 2. The molecular formula is C25H28N6O2. The van der Waals surface area contributed by atoms with E-state index in [4.69, 9.17) is 21.2 Å². The molecule has 0 atom stereocenters. The molecule has 1 amide bonds. The second-order valence-corrected chi connectivity index (χ2v) is 9.58. The van der Waals surface area contributed by atoms with Gasteiger partial charge < -0.3 is 21.1 Å². The van der Waals surface area contributed by atoms with Crippen LogP contribution in [0, 0.1) is 5.41 Å². The highest BCUT2D eigenvalue weighted by Gasteiger charge is 2.30. The number of nitrogens with two attached hydrogens (primary N) is 2. The quantitative estimate of drug-likeness (QED) is 0.637. The fourth-order valence-electron chi connectivity index (χ4n) is 4.73. The number of carbonyl (C=O) groups is 1. The summed E-state index contributed by atoms with van der Waals surface area (Å²) in [5.74, 6) is 1.23. The van der Waals surface area contributed by atoms with Crippen molar-refractivity contribution in [3.63, 3.8) is 0 Å². The van der Waals surface area contributed by atoms with E-state index in [1.165, 1.54) is 5.56 Å². The highest BCUT2D eigenvalue weighted by molar-refractivity contribution is 5.96. The monoisotopic (exact) mass is 444 g/mol. The normalized spacial score (nSPS) is 16.8. The summed E-state index contributed by atoms with van der Waals surface area (Å²) in [7, 11) is 0. The third-order valence-electron chi connectivity index (χ3n) is 6.53. The Labute approximate surface area is 193 Å². The largest absolute Gasteiger partial charge is 0.491 e. The number of amides is 1. The van der Waals surface area contributed by atoms with Gasteiger partial charge in [0.15, 0.2) is 5.69 Å². The van der Waals surface area contributed by atoms with Crippen LogP contribution in [0.15, 0.2) is 36.8 Å². The van der Waals surface area contributed by atoms with Gasteiger partial charge in [-0.2, -0.15) is 0 Å². The minimum atomic E-state index is -0.638. The van der Waals surface area contributed by atoms with Crippen molar-refractivity contribution in [2.24, 2.45) is 11.1 Å². The molecule has 0 saturated carbocycles. The predicted molar refractivity (Wildman–Crippen MR) is 127 cm³/mol. The molecule has 0 unspecified atom stereocenters. The van der Waals surface area contributed by atoms with Gasteiger partial charge in [-0.05, 0) is 48.4 Å². The molecule has 2 aliphatic rings. The van der Waals surface area contributed by atoms with E-state index in [9.17, 15) is 4.79 Å². The van der Waals surface area contributed by atoms with Gasteiger partial charge in [-0.3, -0.25) is 4.79 Å². The molecule has 5 rings (SSSR count). The molecule has 1 aliphatic heterocycles. The summed E-state index contributed by atoms with van der Waals surface area (Å²) >= 11 is 0. The summed E-state index contributed by atoms with van der Waals surface area (Å²) in [5, 5.41) is 0. The van der Waals surface area contributed by atoms with Crippen LogP contribution in [0.5, 0.6) is 5.75 Å². The highest BCUT2D eigenvalue weighted by Crippen LogP contribution is 2.39. The first-order chi connectivity index (χ1) is 15.8. The van der Waals surface area contributed by atoms with Crippen LogP contribution in [0.25, 0.3) is 11.1 Å². The lowest BCUT2D eigenvalue weighted by Gasteiger charge is -2.33. The zero-order valence-electron chi connectivity index (χ0n) is 19.0.